The Kier molecular flexibility index (Phi) is 6.14. The Hall–Kier alpha value is -2.24. The van der Waals surface area contributed by atoms with Gasteiger partial charge in [0.15, 0.2) is 11.5 Å². The molecule has 1 N–H and O–H groups in total. The molecule has 2 aromatic rings. The van der Waals surface area contributed by atoms with Gasteiger partial charge in [-0.25, -0.2) is 0 Å². The summed E-state index contributed by atoms with van der Waals surface area (Å²) >= 11 is 0. The first-order chi connectivity index (χ1) is 12.3. The molecule has 5 nitrogen and oxygen atoms in total. The Bertz CT molecular complexity index is 662. The van der Waals surface area contributed by atoms with Crippen molar-refractivity contribution in [2.24, 2.45) is 0 Å². The van der Waals surface area contributed by atoms with Crippen LogP contribution >= 0.6 is 0 Å². The molecule has 0 spiro atoms. The van der Waals surface area contributed by atoms with Gasteiger partial charge in [-0.15, -0.1) is 0 Å². The lowest BCUT2D eigenvalue weighted by Gasteiger charge is -2.31. The molecule has 0 aromatic heterocycles. The van der Waals surface area contributed by atoms with E-state index >= 15 is 0 Å². The van der Waals surface area contributed by atoms with Crippen LogP contribution in [-0.2, 0) is 6.54 Å². The van der Waals surface area contributed by atoms with E-state index in [2.05, 4.69) is 17.0 Å². The van der Waals surface area contributed by atoms with Crippen LogP contribution < -0.4 is 14.2 Å². The lowest BCUT2D eigenvalue weighted by atomic mass is 10.2. The third-order valence-corrected chi connectivity index (χ3v) is 4.08. The maximum atomic E-state index is 9.37. The Balaban J connectivity index is 1.65. The van der Waals surface area contributed by atoms with Crippen LogP contribution in [0, 0.1) is 0 Å². The summed E-state index contributed by atoms with van der Waals surface area (Å²) in [6.07, 6.45) is -0.0837. The van der Waals surface area contributed by atoms with E-state index in [4.69, 9.17) is 14.2 Å². The molecule has 134 valence electrons. The molecule has 3 rings (SSSR count). The van der Waals surface area contributed by atoms with E-state index in [0.717, 1.165) is 12.3 Å². The zero-order valence-corrected chi connectivity index (χ0v) is 14.6. The second kappa shape index (κ2) is 8.74. The molecule has 5 heteroatoms. The normalized spacial score (nSPS) is 16.0. The van der Waals surface area contributed by atoms with Gasteiger partial charge in [0, 0.05) is 19.6 Å². The maximum Gasteiger partial charge on any atom is 0.203 e. The average molecular weight is 343 g/mol. The zero-order valence-electron chi connectivity index (χ0n) is 14.6. The molecule has 25 heavy (non-hydrogen) atoms. The number of rotatable bonds is 8. The van der Waals surface area contributed by atoms with Crippen molar-refractivity contribution in [1.82, 2.24) is 4.90 Å². The Morgan fingerprint density at radius 3 is 2.76 bits per heavy atom. The van der Waals surface area contributed by atoms with Crippen molar-refractivity contribution in [3.8, 4) is 17.2 Å². The number of para-hydroxylation sites is 1. The van der Waals surface area contributed by atoms with Crippen LogP contribution in [-0.4, -0.2) is 49.0 Å². The molecule has 0 saturated carbocycles. The van der Waals surface area contributed by atoms with Gasteiger partial charge in [0.1, 0.15) is 12.7 Å². The molecule has 1 unspecified atom stereocenters. The van der Waals surface area contributed by atoms with Crippen molar-refractivity contribution in [3.63, 3.8) is 0 Å². The monoisotopic (exact) mass is 343 g/mol. The lowest BCUT2D eigenvalue weighted by molar-refractivity contribution is 0.0489. The molecule has 0 bridgehead atoms. The highest BCUT2D eigenvalue weighted by molar-refractivity contribution is 5.52. The predicted octanol–water partition coefficient (Wildman–Crippen LogP) is 2.72. The van der Waals surface area contributed by atoms with Crippen LogP contribution in [0.3, 0.4) is 0 Å². The van der Waals surface area contributed by atoms with Gasteiger partial charge in [-0.2, -0.15) is 0 Å². The van der Waals surface area contributed by atoms with Crippen LogP contribution in [0.4, 0.5) is 0 Å². The van der Waals surface area contributed by atoms with Gasteiger partial charge in [0.2, 0.25) is 5.75 Å². The molecule has 1 aliphatic heterocycles. The number of hydrogen-bond donors (Lipinski definition) is 1. The Morgan fingerprint density at radius 2 is 2.00 bits per heavy atom. The summed E-state index contributed by atoms with van der Waals surface area (Å²) in [4.78, 5) is 2.18. The molecule has 1 atom stereocenters. The van der Waals surface area contributed by atoms with Crippen molar-refractivity contribution in [2.75, 3.05) is 32.9 Å². The second-order valence-electron chi connectivity index (χ2n) is 6.01. The maximum absolute atomic E-state index is 9.37. The average Bonchev–Trinajstić information content (AvgIpc) is 2.63. The standard InChI is InChI=1S/C20H25NO4/c1-2-23-18-9-6-10-19-20(18)24-15-17(25-19)14-21(11-12-22)13-16-7-4-3-5-8-16/h3-10,17,22H,2,11-15H2,1H3. The summed E-state index contributed by atoms with van der Waals surface area (Å²) in [6, 6.07) is 15.9. The topological polar surface area (TPSA) is 51.2 Å². The van der Waals surface area contributed by atoms with Gasteiger partial charge in [-0.05, 0) is 24.6 Å². The summed E-state index contributed by atoms with van der Waals surface area (Å²) in [7, 11) is 0. The van der Waals surface area contributed by atoms with Crippen molar-refractivity contribution in [1.29, 1.82) is 0 Å². The quantitative estimate of drug-likeness (QED) is 0.799. The van der Waals surface area contributed by atoms with E-state index < -0.39 is 0 Å². The van der Waals surface area contributed by atoms with Gasteiger partial charge < -0.3 is 19.3 Å². The number of nitrogens with zero attached hydrogens (tertiary/aromatic N) is 1. The number of aliphatic hydroxyl groups is 1. The molecule has 0 saturated heterocycles. The number of aliphatic hydroxyl groups excluding tert-OH is 1. The Morgan fingerprint density at radius 1 is 1.16 bits per heavy atom. The van der Waals surface area contributed by atoms with Crippen LogP contribution in [0.25, 0.3) is 0 Å². The summed E-state index contributed by atoms with van der Waals surface area (Å²) in [5, 5.41) is 9.37. The molecule has 1 aliphatic rings. The molecular formula is C20H25NO4. The first-order valence-electron chi connectivity index (χ1n) is 8.72. The van der Waals surface area contributed by atoms with Crippen LogP contribution in [0.2, 0.25) is 0 Å². The fraction of sp³-hybridized carbons (Fsp3) is 0.400. The van der Waals surface area contributed by atoms with E-state index in [-0.39, 0.29) is 12.7 Å². The highest BCUT2D eigenvalue weighted by Gasteiger charge is 2.25. The lowest BCUT2D eigenvalue weighted by Crippen LogP contribution is -2.41. The van der Waals surface area contributed by atoms with E-state index in [1.807, 2.05) is 43.3 Å². The van der Waals surface area contributed by atoms with Crippen molar-refractivity contribution < 1.29 is 19.3 Å². The third-order valence-electron chi connectivity index (χ3n) is 4.08. The number of hydrogen-bond acceptors (Lipinski definition) is 5. The van der Waals surface area contributed by atoms with Crippen molar-refractivity contribution >= 4 is 0 Å². The molecule has 0 radical (unpaired) electrons. The van der Waals surface area contributed by atoms with Gasteiger partial charge >= 0.3 is 0 Å². The summed E-state index contributed by atoms with van der Waals surface area (Å²) in [5.74, 6) is 2.11. The number of benzene rings is 2. The molecule has 0 fully saturated rings. The SMILES string of the molecule is CCOc1cccc2c1OCC(CN(CCO)Cc1ccccc1)O2. The highest BCUT2D eigenvalue weighted by Crippen LogP contribution is 2.40. The summed E-state index contributed by atoms with van der Waals surface area (Å²) < 4.78 is 17.6. The minimum atomic E-state index is -0.0837. The summed E-state index contributed by atoms with van der Waals surface area (Å²) in [6.45, 7) is 5.17. The fourth-order valence-corrected chi connectivity index (χ4v) is 2.99. The molecule has 2 aromatic carbocycles. The highest BCUT2D eigenvalue weighted by atomic mass is 16.6. The van der Waals surface area contributed by atoms with Gasteiger partial charge in [0.25, 0.3) is 0 Å². The third kappa shape index (κ3) is 4.65. The largest absolute Gasteiger partial charge is 0.490 e. The smallest absolute Gasteiger partial charge is 0.203 e. The number of fused-ring (bicyclic) bond motifs is 1. The molecule has 0 amide bonds. The molecule has 1 heterocycles. The first kappa shape index (κ1) is 17.6. The van der Waals surface area contributed by atoms with Gasteiger partial charge in [0.05, 0.1) is 13.2 Å². The fourth-order valence-electron chi connectivity index (χ4n) is 2.99. The van der Waals surface area contributed by atoms with Crippen LogP contribution in [0.15, 0.2) is 48.5 Å². The van der Waals surface area contributed by atoms with Crippen LogP contribution in [0.1, 0.15) is 12.5 Å². The minimum absolute atomic E-state index is 0.0837. The van der Waals surface area contributed by atoms with E-state index in [1.54, 1.807) is 0 Å². The van der Waals surface area contributed by atoms with E-state index in [0.29, 0.717) is 37.8 Å². The van der Waals surface area contributed by atoms with E-state index in [9.17, 15) is 5.11 Å². The minimum Gasteiger partial charge on any atom is -0.490 e. The summed E-state index contributed by atoms with van der Waals surface area (Å²) in [5.41, 5.74) is 1.21. The predicted molar refractivity (Wildman–Crippen MR) is 96.3 cm³/mol. The van der Waals surface area contributed by atoms with E-state index in [1.165, 1.54) is 5.56 Å². The molecular weight excluding hydrogens is 318 g/mol. The molecule has 0 aliphatic carbocycles. The first-order valence-corrected chi connectivity index (χ1v) is 8.72. The van der Waals surface area contributed by atoms with Gasteiger partial charge in [-0.3, -0.25) is 4.90 Å². The zero-order chi connectivity index (χ0) is 17.5. The second-order valence-corrected chi connectivity index (χ2v) is 6.01. The number of ether oxygens (including phenoxy) is 3. The van der Waals surface area contributed by atoms with Crippen LogP contribution in [0.5, 0.6) is 17.2 Å². The van der Waals surface area contributed by atoms with Crippen molar-refractivity contribution in [2.45, 2.75) is 19.6 Å². The van der Waals surface area contributed by atoms with Crippen molar-refractivity contribution in [3.05, 3.63) is 54.1 Å². The Labute approximate surface area is 148 Å². The van der Waals surface area contributed by atoms with Gasteiger partial charge in [-0.1, -0.05) is 36.4 Å².